The molecule has 4 heterocycles. The normalized spacial score (nSPS) is 18.5. The number of carbonyl (C=O) groups is 3. The number of phenols is 2. The molecule has 0 unspecified atom stereocenters. The molecule has 15 nitrogen and oxygen atoms in total. The first-order valence-corrected chi connectivity index (χ1v) is 14.4. The van der Waals surface area contributed by atoms with E-state index in [0.717, 1.165) is 23.1 Å². The van der Waals surface area contributed by atoms with Gasteiger partial charge in [-0.1, -0.05) is 16.9 Å². The van der Waals surface area contributed by atoms with Gasteiger partial charge in [0.1, 0.15) is 24.2 Å². The Morgan fingerprint density at radius 1 is 1.34 bits per heavy atom. The van der Waals surface area contributed by atoms with E-state index in [1.807, 2.05) is 0 Å². The van der Waals surface area contributed by atoms with Gasteiger partial charge >= 0.3 is 6.16 Å². The molecule has 2 aliphatic rings. The van der Waals surface area contributed by atoms with E-state index >= 15 is 0 Å². The standard InChI is InChI=1S/C23H20N6O9S3/c1-36-28-15(11-8-40-21(24)26-11)17(32)27-16-18(33)29-19(38-23(34)35)10(6-39-20(16)29)7-41-22-25-5-14(37-22)9-2-3-12(30)13(31)4-9/h2-5,8,16,20,30-31H,6-7H2,1H3,(H2,24,26)(H,27,32)(H,34,35)/t16-,20+/m1/s1. The van der Waals surface area contributed by atoms with Gasteiger partial charge in [0.15, 0.2) is 28.1 Å². The highest BCUT2D eigenvalue weighted by Crippen LogP contribution is 2.42. The zero-order valence-electron chi connectivity index (χ0n) is 20.8. The van der Waals surface area contributed by atoms with Crippen molar-refractivity contribution in [1.29, 1.82) is 0 Å². The lowest BCUT2D eigenvalue weighted by molar-refractivity contribution is -0.148. The van der Waals surface area contributed by atoms with E-state index in [1.165, 1.54) is 47.5 Å². The Bertz CT molecular complexity index is 1590. The van der Waals surface area contributed by atoms with E-state index in [9.17, 15) is 29.7 Å². The summed E-state index contributed by atoms with van der Waals surface area (Å²) in [6.45, 7) is 0. The summed E-state index contributed by atoms with van der Waals surface area (Å²) in [6.07, 6.45) is -0.162. The number of thiazole rings is 1. The number of β-lactam (4-membered cyclic amide) rings is 1. The van der Waals surface area contributed by atoms with Gasteiger partial charge in [0.25, 0.3) is 17.0 Å². The van der Waals surface area contributed by atoms with Crippen LogP contribution in [0.25, 0.3) is 11.3 Å². The number of nitrogens with zero attached hydrogens (tertiary/aromatic N) is 4. The van der Waals surface area contributed by atoms with Crippen molar-refractivity contribution in [2.75, 3.05) is 24.3 Å². The van der Waals surface area contributed by atoms with Crippen LogP contribution >= 0.6 is 34.9 Å². The predicted molar refractivity (Wildman–Crippen MR) is 147 cm³/mol. The number of phenolic OH excluding ortho intramolecular Hbond substituents is 2. The average molecular weight is 621 g/mol. The zero-order chi connectivity index (χ0) is 29.3. The number of hydrogen-bond donors (Lipinski definition) is 5. The van der Waals surface area contributed by atoms with Gasteiger partial charge in [-0.15, -0.1) is 23.1 Å². The lowest BCUT2D eigenvalue weighted by atomic mass is 10.1. The molecule has 5 rings (SSSR count). The molecular formula is C23H20N6O9S3. The molecule has 1 aromatic carbocycles. The number of fused-ring (bicyclic) bond motifs is 1. The molecular weight excluding hydrogens is 600 g/mol. The fourth-order valence-corrected chi connectivity index (χ4v) is 6.69. The number of nitrogens with two attached hydrogens (primary N) is 1. The van der Waals surface area contributed by atoms with Crippen LogP contribution in [0.3, 0.4) is 0 Å². The summed E-state index contributed by atoms with van der Waals surface area (Å²) in [6, 6.07) is 3.20. The van der Waals surface area contributed by atoms with Crippen molar-refractivity contribution in [2.24, 2.45) is 5.16 Å². The number of anilines is 1. The van der Waals surface area contributed by atoms with E-state index in [-0.39, 0.29) is 50.6 Å². The molecule has 41 heavy (non-hydrogen) atoms. The molecule has 2 aromatic heterocycles. The third kappa shape index (κ3) is 5.74. The quantitative estimate of drug-likeness (QED) is 0.0578. The molecule has 0 saturated carbocycles. The number of oxazole rings is 1. The number of nitrogen functional groups attached to an aromatic ring is 1. The Kier molecular flexibility index (Phi) is 7.95. The van der Waals surface area contributed by atoms with Crippen molar-refractivity contribution in [3.8, 4) is 22.8 Å². The van der Waals surface area contributed by atoms with Gasteiger partial charge in [0.05, 0.1) is 6.20 Å². The second kappa shape index (κ2) is 11.6. The van der Waals surface area contributed by atoms with Gasteiger partial charge in [-0.3, -0.25) is 14.5 Å². The molecule has 3 aromatic rings. The fourth-order valence-electron chi connectivity index (χ4n) is 3.89. The Hall–Kier alpha value is -4.42. The van der Waals surface area contributed by atoms with E-state index in [1.54, 1.807) is 6.07 Å². The number of nitrogens with one attached hydrogen (secondary N) is 1. The van der Waals surface area contributed by atoms with E-state index in [4.69, 9.17) is 19.7 Å². The topological polar surface area (TPSA) is 223 Å². The maximum Gasteiger partial charge on any atom is 0.512 e. The number of thioether (sulfide) groups is 2. The SMILES string of the molecule is CON=C(C(=O)N[C@@H]1C(=O)N2C(OC(=O)O)=C(CSc3ncc(-c4ccc(O)c(O)c4)o3)CS[C@@H]12)c1csc(N)n1. The zero-order valence-corrected chi connectivity index (χ0v) is 23.3. The summed E-state index contributed by atoms with van der Waals surface area (Å²) in [5.41, 5.74) is 6.64. The summed E-state index contributed by atoms with van der Waals surface area (Å²) in [7, 11) is 1.26. The second-order valence-electron chi connectivity index (χ2n) is 8.31. The molecule has 2 aliphatic heterocycles. The van der Waals surface area contributed by atoms with Gasteiger partial charge in [-0.25, -0.2) is 14.8 Å². The number of ether oxygens (including phenoxy) is 1. The molecule has 2 atom stereocenters. The number of benzene rings is 1. The number of aromatic nitrogens is 2. The Labute approximate surface area is 243 Å². The minimum atomic E-state index is -1.60. The van der Waals surface area contributed by atoms with Crippen LogP contribution in [-0.4, -0.2) is 83.9 Å². The maximum absolute atomic E-state index is 13.1. The van der Waals surface area contributed by atoms with Gasteiger partial charge in [-0.05, 0) is 18.2 Å². The smallest absolute Gasteiger partial charge is 0.504 e. The predicted octanol–water partition coefficient (Wildman–Crippen LogP) is 2.24. The molecule has 0 aliphatic carbocycles. The molecule has 1 fully saturated rings. The minimum Gasteiger partial charge on any atom is -0.504 e. The summed E-state index contributed by atoms with van der Waals surface area (Å²) >= 11 is 3.56. The first kappa shape index (κ1) is 28.1. The highest BCUT2D eigenvalue weighted by atomic mass is 32.2. The largest absolute Gasteiger partial charge is 0.512 e. The Morgan fingerprint density at radius 2 is 2.15 bits per heavy atom. The summed E-state index contributed by atoms with van der Waals surface area (Å²) in [5, 5.41) is 36.2. The van der Waals surface area contributed by atoms with Crippen LogP contribution in [0.5, 0.6) is 11.5 Å². The summed E-state index contributed by atoms with van der Waals surface area (Å²) in [4.78, 5) is 51.6. The van der Waals surface area contributed by atoms with Gasteiger partial charge in [0, 0.05) is 28.0 Å². The summed E-state index contributed by atoms with van der Waals surface area (Å²) in [5.74, 6) is -1.21. The van der Waals surface area contributed by atoms with Crippen molar-refractivity contribution in [1.82, 2.24) is 20.2 Å². The first-order valence-electron chi connectivity index (χ1n) is 11.5. The number of amides is 2. The average Bonchev–Trinajstić information content (AvgIpc) is 3.59. The number of carboxylic acid groups (broad SMARTS) is 1. The number of aromatic hydroxyl groups is 2. The third-order valence-electron chi connectivity index (χ3n) is 5.74. The molecule has 2 amide bonds. The lowest BCUT2D eigenvalue weighted by Gasteiger charge is -2.49. The Morgan fingerprint density at radius 3 is 2.83 bits per heavy atom. The fraction of sp³-hybridized carbons (Fsp3) is 0.217. The number of oxime groups is 1. The minimum absolute atomic E-state index is 0.141. The molecule has 1 saturated heterocycles. The molecule has 18 heteroatoms. The van der Waals surface area contributed by atoms with Crippen molar-refractivity contribution < 1.29 is 43.7 Å². The molecule has 0 bridgehead atoms. The molecule has 0 radical (unpaired) electrons. The maximum atomic E-state index is 13.1. The molecule has 0 spiro atoms. The van der Waals surface area contributed by atoms with Crippen LogP contribution < -0.4 is 11.1 Å². The van der Waals surface area contributed by atoms with Crippen molar-refractivity contribution in [2.45, 2.75) is 16.6 Å². The highest BCUT2D eigenvalue weighted by molar-refractivity contribution is 8.01. The third-order valence-corrected chi connectivity index (χ3v) is 8.68. The van der Waals surface area contributed by atoms with E-state index in [2.05, 4.69) is 20.4 Å². The van der Waals surface area contributed by atoms with Crippen molar-refractivity contribution in [3.63, 3.8) is 0 Å². The first-order chi connectivity index (χ1) is 19.7. The number of rotatable bonds is 9. The second-order valence-corrected chi connectivity index (χ2v) is 11.2. The number of hydrogen-bond acceptors (Lipinski definition) is 15. The van der Waals surface area contributed by atoms with E-state index < -0.39 is 29.4 Å². The van der Waals surface area contributed by atoms with Crippen LogP contribution in [0.15, 0.2) is 56.0 Å². The molecule has 214 valence electrons. The highest BCUT2D eigenvalue weighted by Gasteiger charge is 2.54. The number of carbonyl (C=O) groups excluding carboxylic acids is 2. The lowest BCUT2D eigenvalue weighted by Crippen LogP contribution is -2.70. The van der Waals surface area contributed by atoms with Gasteiger partial charge in [0.2, 0.25) is 5.88 Å². The molecule has 6 N–H and O–H groups in total. The van der Waals surface area contributed by atoms with Crippen LogP contribution in [-0.2, 0) is 19.2 Å². The van der Waals surface area contributed by atoms with Crippen LogP contribution in [0.4, 0.5) is 9.93 Å². The van der Waals surface area contributed by atoms with Crippen LogP contribution in [0, 0.1) is 0 Å². The van der Waals surface area contributed by atoms with Crippen LogP contribution in [0.2, 0.25) is 0 Å². The van der Waals surface area contributed by atoms with Gasteiger partial charge < -0.3 is 40.4 Å². The Balaban J connectivity index is 1.29. The van der Waals surface area contributed by atoms with E-state index in [0.29, 0.717) is 16.9 Å². The van der Waals surface area contributed by atoms with Crippen molar-refractivity contribution in [3.05, 3.63) is 46.9 Å². The van der Waals surface area contributed by atoms with Crippen LogP contribution in [0.1, 0.15) is 5.69 Å². The summed E-state index contributed by atoms with van der Waals surface area (Å²) < 4.78 is 10.7. The van der Waals surface area contributed by atoms with Gasteiger partial charge in [-0.2, -0.15) is 0 Å². The monoisotopic (exact) mass is 620 g/mol. The van der Waals surface area contributed by atoms with Crippen molar-refractivity contribution >= 4 is 63.7 Å².